The quantitative estimate of drug-likeness (QED) is 0.273. The molecule has 0 fully saturated rings. The van der Waals surface area contributed by atoms with E-state index >= 15 is 0 Å². The van der Waals surface area contributed by atoms with Crippen molar-refractivity contribution in [3.63, 3.8) is 0 Å². The third kappa shape index (κ3) is 7.29. The Bertz CT molecular complexity index is 890. The molecule has 0 aliphatic carbocycles. The normalized spacial score (nSPS) is 11.3. The van der Waals surface area contributed by atoms with E-state index in [2.05, 4.69) is 10.9 Å². The number of alkyl halides is 1. The molecule has 0 radical (unpaired) electrons. The molecule has 0 aliphatic rings. The Kier molecular flexibility index (Phi) is 8.96. The zero-order valence-electron chi connectivity index (χ0n) is 15.9. The number of Topliss-reactive ketones (excluding diaryl/α,β-unsaturated/α-hetero) is 1. The van der Waals surface area contributed by atoms with Crippen molar-refractivity contribution in [1.82, 2.24) is 10.9 Å². The predicted octanol–water partition coefficient (Wildman–Crippen LogP) is 2.79. The van der Waals surface area contributed by atoms with E-state index in [0.29, 0.717) is 5.56 Å². The molecule has 1 unspecified atom stereocenters. The van der Waals surface area contributed by atoms with Crippen molar-refractivity contribution in [3.05, 3.63) is 71.5 Å². The highest BCUT2D eigenvalue weighted by atomic mass is 35.5. The fraction of sp³-hybridized carbons (Fsp3) is 0.238. The third-order valence-electron chi connectivity index (χ3n) is 3.97. The lowest BCUT2D eigenvalue weighted by Gasteiger charge is -2.16. The molecule has 9 heteroatoms. The Morgan fingerprint density at radius 1 is 0.900 bits per heavy atom. The minimum Gasteiger partial charge on any atom is -0.454 e. The van der Waals surface area contributed by atoms with Gasteiger partial charge in [0.05, 0.1) is 6.42 Å². The number of amides is 2. The van der Waals surface area contributed by atoms with E-state index in [4.69, 9.17) is 16.3 Å². The Hall–Kier alpha value is -3.26. The van der Waals surface area contributed by atoms with Crippen LogP contribution in [0.2, 0.25) is 0 Å². The summed E-state index contributed by atoms with van der Waals surface area (Å²) in [4.78, 5) is 48.2. The van der Waals surface area contributed by atoms with E-state index in [1.54, 1.807) is 30.3 Å². The van der Waals surface area contributed by atoms with Crippen LogP contribution in [0.5, 0.6) is 0 Å². The second-order valence-corrected chi connectivity index (χ2v) is 6.57. The fourth-order valence-electron chi connectivity index (χ4n) is 2.43. The molecular formula is C21H20ClFN2O5. The number of esters is 1. The number of hydrogen-bond acceptors (Lipinski definition) is 5. The van der Waals surface area contributed by atoms with Crippen LogP contribution in [0.25, 0.3) is 0 Å². The molecule has 2 rings (SSSR count). The van der Waals surface area contributed by atoms with Crippen molar-refractivity contribution in [2.75, 3.05) is 5.88 Å². The molecule has 158 valence electrons. The van der Waals surface area contributed by atoms with Gasteiger partial charge in [-0.2, -0.15) is 0 Å². The Morgan fingerprint density at radius 2 is 1.57 bits per heavy atom. The van der Waals surface area contributed by atoms with Crippen molar-refractivity contribution >= 4 is 35.2 Å². The number of ether oxygens (including phenoxy) is 1. The summed E-state index contributed by atoms with van der Waals surface area (Å²) >= 11 is 5.68. The second-order valence-electron chi connectivity index (χ2n) is 6.20. The van der Waals surface area contributed by atoms with Gasteiger partial charge in [-0.05, 0) is 36.4 Å². The van der Waals surface area contributed by atoms with Gasteiger partial charge in [0.1, 0.15) is 5.82 Å². The largest absolute Gasteiger partial charge is 0.454 e. The predicted molar refractivity (Wildman–Crippen MR) is 107 cm³/mol. The van der Waals surface area contributed by atoms with Crippen LogP contribution in [0.1, 0.15) is 40.0 Å². The average molecular weight is 435 g/mol. The molecular weight excluding hydrogens is 415 g/mol. The SMILES string of the molecule is O=C(CCC(=O)OC(CCCl)C(=O)c1ccc(F)cc1)NNC(=O)c1ccccc1. The standard InChI is InChI=1S/C21H20ClFN2O5/c22-13-12-17(20(28)14-6-8-16(23)9-7-14)30-19(27)11-10-18(26)24-25-21(29)15-4-2-1-3-5-15/h1-9,17H,10-13H2,(H,24,26)(H,25,29). The molecule has 1 atom stereocenters. The minimum atomic E-state index is -1.14. The molecule has 2 amide bonds. The van der Waals surface area contributed by atoms with Gasteiger partial charge in [0, 0.05) is 29.8 Å². The smallest absolute Gasteiger partial charge is 0.307 e. The van der Waals surface area contributed by atoms with Crippen molar-refractivity contribution < 1.29 is 28.3 Å². The van der Waals surface area contributed by atoms with E-state index in [-0.39, 0.29) is 30.7 Å². The van der Waals surface area contributed by atoms with Gasteiger partial charge in [-0.15, -0.1) is 11.6 Å². The fourth-order valence-corrected chi connectivity index (χ4v) is 2.62. The molecule has 2 aromatic rings. The van der Waals surface area contributed by atoms with E-state index < -0.39 is 35.5 Å². The lowest BCUT2D eigenvalue weighted by atomic mass is 10.0. The van der Waals surface area contributed by atoms with E-state index in [1.807, 2.05) is 0 Å². The molecule has 0 aromatic heterocycles. The van der Waals surface area contributed by atoms with Crippen LogP contribution in [-0.4, -0.2) is 35.6 Å². The molecule has 30 heavy (non-hydrogen) atoms. The van der Waals surface area contributed by atoms with Gasteiger partial charge in [-0.25, -0.2) is 4.39 Å². The second kappa shape index (κ2) is 11.7. The highest BCUT2D eigenvalue weighted by Gasteiger charge is 2.24. The van der Waals surface area contributed by atoms with Crippen LogP contribution in [0.4, 0.5) is 4.39 Å². The number of carbonyl (C=O) groups is 4. The lowest BCUT2D eigenvalue weighted by molar-refractivity contribution is -0.148. The zero-order valence-corrected chi connectivity index (χ0v) is 16.7. The number of ketones is 1. The lowest BCUT2D eigenvalue weighted by Crippen LogP contribution is -2.41. The maximum atomic E-state index is 13.0. The number of carbonyl (C=O) groups excluding carboxylic acids is 4. The van der Waals surface area contributed by atoms with Gasteiger partial charge < -0.3 is 4.74 Å². The molecule has 0 heterocycles. The first-order valence-electron chi connectivity index (χ1n) is 9.10. The molecule has 0 saturated heterocycles. The van der Waals surface area contributed by atoms with Crippen LogP contribution >= 0.6 is 11.6 Å². The first-order valence-corrected chi connectivity index (χ1v) is 9.63. The molecule has 7 nitrogen and oxygen atoms in total. The molecule has 0 aliphatic heterocycles. The Morgan fingerprint density at radius 3 is 2.20 bits per heavy atom. The maximum absolute atomic E-state index is 13.0. The number of nitrogens with one attached hydrogen (secondary N) is 2. The highest BCUT2D eigenvalue weighted by Crippen LogP contribution is 2.13. The number of benzene rings is 2. The minimum absolute atomic E-state index is 0.0664. The maximum Gasteiger partial charge on any atom is 0.307 e. The molecule has 2 aromatic carbocycles. The van der Waals surface area contributed by atoms with Crippen molar-refractivity contribution in [2.24, 2.45) is 0 Å². The summed E-state index contributed by atoms with van der Waals surface area (Å²) in [7, 11) is 0. The number of hydrogen-bond donors (Lipinski definition) is 2. The molecule has 0 saturated carbocycles. The Labute approximate surface area is 177 Å². The van der Waals surface area contributed by atoms with E-state index in [0.717, 1.165) is 12.1 Å². The van der Waals surface area contributed by atoms with Gasteiger partial charge in [0.25, 0.3) is 5.91 Å². The third-order valence-corrected chi connectivity index (χ3v) is 4.19. The van der Waals surface area contributed by atoms with Gasteiger partial charge in [0.2, 0.25) is 11.7 Å². The van der Waals surface area contributed by atoms with Gasteiger partial charge in [-0.1, -0.05) is 18.2 Å². The van der Waals surface area contributed by atoms with Crippen LogP contribution < -0.4 is 10.9 Å². The summed E-state index contributed by atoms with van der Waals surface area (Å²) in [5, 5.41) is 0. The van der Waals surface area contributed by atoms with Crippen molar-refractivity contribution in [2.45, 2.75) is 25.4 Å². The molecule has 2 N–H and O–H groups in total. The first kappa shape index (κ1) is 23.0. The summed E-state index contributed by atoms with van der Waals surface area (Å²) in [6, 6.07) is 13.1. The highest BCUT2D eigenvalue weighted by molar-refractivity contribution is 6.18. The number of hydrazine groups is 1. The van der Waals surface area contributed by atoms with E-state index in [9.17, 15) is 23.6 Å². The summed E-state index contributed by atoms with van der Waals surface area (Å²) in [6.07, 6.45) is -1.63. The van der Waals surface area contributed by atoms with E-state index in [1.165, 1.54) is 12.1 Å². The van der Waals surface area contributed by atoms with Crippen LogP contribution in [0, 0.1) is 5.82 Å². The summed E-state index contributed by atoms with van der Waals surface area (Å²) in [5.74, 6) is -2.82. The van der Waals surface area contributed by atoms with Gasteiger partial charge in [-0.3, -0.25) is 30.0 Å². The summed E-state index contributed by atoms with van der Waals surface area (Å²) in [5.41, 5.74) is 4.98. The average Bonchev–Trinajstić information content (AvgIpc) is 2.76. The topological polar surface area (TPSA) is 102 Å². The first-order chi connectivity index (χ1) is 14.4. The molecule has 0 spiro atoms. The zero-order chi connectivity index (χ0) is 21.9. The Balaban J connectivity index is 1.80. The molecule has 0 bridgehead atoms. The van der Waals surface area contributed by atoms with Crippen LogP contribution in [0.15, 0.2) is 54.6 Å². The van der Waals surface area contributed by atoms with Crippen LogP contribution in [-0.2, 0) is 14.3 Å². The summed E-state index contributed by atoms with van der Waals surface area (Å²) < 4.78 is 18.2. The number of rotatable bonds is 9. The van der Waals surface area contributed by atoms with Gasteiger partial charge >= 0.3 is 5.97 Å². The van der Waals surface area contributed by atoms with Crippen LogP contribution in [0.3, 0.4) is 0 Å². The monoisotopic (exact) mass is 434 g/mol. The van der Waals surface area contributed by atoms with Crippen molar-refractivity contribution in [3.8, 4) is 0 Å². The van der Waals surface area contributed by atoms with Crippen molar-refractivity contribution in [1.29, 1.82) is 0 Å². The summed E-state index contributed by atoms with van der Waals surface area (Å²) in [6.45, 7) is 0. The number of halogens is 2. The van der Waals surface area contributed by atoms with Gasteiger partial charge in [0.15, 0.2) is 6.10 Å².